The predicted octanol–water partition coefficient (Wildman–Crippen LogP) is 2.70. The number of carbonyl (C=O) groups excluding carboxylic acids is 1. The summed E-state index contributed by atoms with van der Waals surface area (Å²) in [5.74, 6) is -0.314. The minimum Gasteiger partial charge on any atom is -0.465 e. The van der Waals surface area contributed by atoms with Crippen molar-refractivity contribution in [1.29, 1.82) is 0 Å². The monoisotopic (exact) mass is 221 g/mol. The van der Waals surface area contributed by atoms with E-state index in [-0.39, 0.29) is 5.97 Å². The lowest BCUT2D eigenvalue weighted by atomic mass is 10.1. The number of rotatable bonds is 1. The van der Waals surface area contributed by atoms with Crippen molar-refractivity contribution in [3.63, 3.8) is 0 Å². The van der Waals surface area contributed by atoms with E-state index in [4.69, 9.17) is 4.74 Å². The Labute approximate surface area is 91.7 Å². The highest BCUT2D eigenvalue weighted by Crippen LogP contribution is 2.28. The third-order valence-corrected chi connectivity index (χ3v) is 3.47. The third kappa shape index (κ3) is 1.51. The van der Waals surface area contributed by atoms with Gasteiger partial charge in [0.1, 0.15) is 4.88 Å². The fraction of sp³-hybridized carbons (Fsp3) is 0.273. The first-order valence-electron chi connectivity index (χ1n) is 4.57. The van der Waals surface area contributed by atoms with Crippen molar-refractivity contribution in [2.24, 2.45) is 0 Å². The maximum Gasteiger partial charge on any atom is 0.350 e. The number of nitrogens with zero attached hydrogens (tertiary/aromatic N) is 1. The Bertz CT molecular complexity index is 531. The highest BCUT2D eigenvalue weighted by molar-refractivity contribution is 7.13. The molecule has 0 aliphatic rings. The molecule has 2 aromatic rings. The average molecular weight is 221 g/mol. The molecular weight excluding hydrogens is 210 g/mol. The summed E-state index contributed by atoms with van der Waals surface area (Å²) in [5.41, 5.74) is 3.05. The van der Waals surface area contributed by atoms with E-state index >= 15 is 0 Å². The van der Waals surface area contributed by atoms with Crippen molar-refractivity contribution in [2.45, 2.75) is 13.8 Å². The second kappa shape index (κ2) is 3.62. The summed E-state index contributed by atoms with van der Waals surface area (Å²) in [6.07, 6.45) is 1.79. The minimum atomic E-state index is -0.314. The van der Waals surface area contributed by atoms with E-state index in [1.54, 1.807) is 6.20 Å². The van der Waals surface area contributed by atoms with Crippen molar-refractivity contribution < 1.29 is 9.53 Å². The largest absolute Gasteiger partial charge is 0.465 e. The fourth-order valence-corrected chi connectivity index (χ4v) is 2.43. The van der Waals surface area contributed by atoms with Crippen LogP contribution in [0.15, 0.2) is 11.6 Å². The van der Waals surface area contributed by atoms with E-state index in [0.29, 0.717) is 4.88 Å². The summed E-state index contributed by atoms with van der Waals surface area (Å²) in [6.45, 7) is 4.05. The molecule has 0 spiro atoms. The summed E-state index contributed by atoms with van der Waals surface area (Å²) >= 11 is 1.38. The Kier molecular flexibility index (Phi) is 2.44. The minimum absolute atomic E-state index is 0.314. The van der Waals surface area contributed by atoms with E-state index in [2.05, 4.69) is 4.98 Å². The molecule has 0 aliphatic heterocycles. The molecule has 2 aromatic heterocycles. The van der Waals surface area contributed by atoms with Gasteiger partial charge >= 0.3 is 5.97 Å². The van der Waals surface area contributed by atoms with Crippen LogP contribution >= 0.6 is 11.3 Å². The normalized spacial score (nSPS) is 10.6. The van der Waals surface area contributed by atoms with Gasteiger partial charge in [-0.2, -0.15) is 0 Å². The van der Waals surface area contributed by atoms with Gasteiger partial charge in [-0.1, -0.05) is 0 Å². The molecule has 2 heterocycles. The van der Waals surface area contributed by atoms with Crippen molar-refractivity contribution in [3.8, 4) is 0 Å². The number of esters is 1. The number of fused-ring (bicyclic) bond motifs is 1. The standard InChI is InChI=1S/C11H11NO2S/c1-6-4-12-9-8(7(6)2)5-15-10(9)11(13)14-3/h4-5H,1-3H3. The Hall–Kier alpha value is -1.42. The molecular formula is C11H11NO2S. The number of thiophene rings is 1. The molecule has 0 fully saturated rings. The molecule has 15 heavy (non-hydrogen) atoms. The first-order valence-corrected chi connectivity index (χ1v) is 5.45. The molecule has 0 aromatic carbocycles. The fourth-order valence-electron chi connectivity index (χ4n) is 1.45. The molecule has 3 nitrogen and oxygen atoms in total. The molecule has 0 bridgehead atoms. The summed E-state index contributed by atoms with van der Waals surface area (Å²) in [7, 11) is 1.38. The van der Waals surface area contributed by atoms with Crippen LogP contribution in [0, 0.1) is 13.8 Å². The number of hydrogen-bond donors (Lipinski definition) is 0. The van der Waals surface area contributed by atoms with Crippen LogP contribution in [0.1, 0.15) is 20.8 Å². The van der Waals surface area contributed by atoms with E-state index in [1.807, 2.05) is 19.2 Å². The van der Waals surface area contributed by atoms with E-state index in [0.717, 1.165) is 16.5 Å². The smallest absolute Gasteiger partial charge is 0.350 e. The summed E-state index contributed by atoms with van der Waals surface area (Å²) in [5, 5.41) is 3.00. The van der Waals surface area contributed by atoms with E-state index < -0.39 is 0 Å². The zero-order valence-corrected chi connectivity index (χ0v) is 9.64. The zero-order valence-electron chi connectivity index (χ0n) is 8.83. The Morgan fingerprint density at radius 3 is 2.87 bits per heavy atom. The maximum absolute atomic E-state index is 11.4. The number of carbonyl (C=O) groups is 1. The lowest BCUT2D eigenvalue weighted by Gasteiger charge is -2.01. The SMILES string of the molecule is COC(=O)c1scc2c(C)c(C)cnc12. The van der Waals surface area contributed by atoms with Gasteiger partial charge in [0.15, 0.2) is 0 Å². The number of pyridine rings is 1. The molecule has 4 heteroatoms. The quantitative estimate of drug-likeness (QED) is 0.695. The lowest BCUT2D eigenvalue weighted by Crippen LogP contribution is -1.99. The molecule has 0 radical (unpaired) electrons. The maximum atomic E-state index is 11.4. The van der Waals surface area contributed by atoms with Gasteiger partial charge in [0, 0.05) is 17.0 Å². The second-order valence-corrected chi connectivity index (χ2v) is 4.26. The van der Waals surface area contributed by atoms with Crippen LogP contribution in [0.3, 0.4) is 0 Å². The third-order valence-electron chi connectivity index (χ3n) is 2.52. The number of aromatic nitrogens is 1. The van der Waals surface area contributed by atoms with E-state index in [9.17, 15) is 4.79 Å². The zero-order chi connectivity index (χ0) is 11.0. The molecule has 0 atom stereocenters. The number of methoxy groups -OCH3 is 1. The highest BCUT2D eigenvalue weighted by Gasteiger charge is 2.15. The molecule has 0 saturated carbocycles. The van der Waals surface area contributed by atoms with Crippen molar-refractivity contribution in [1.82, 2.24) is 4.98 Å². The van der Waals surface area contributed by atoms with Gasteiger partial charge in [0.2, 0.25) is 0 Å². The first kappa shape index (κ1) is 10.1. The summed E-state index contributed by atoms with van der Waals surface area (Å²) < 4.78 is 4.70. The van der Waals surface area contributed by atoms with Gasteiger partial charge in [-0.3, -0.25) is 4.98 Å². The molecule has 0 saturated heterocycles. The number of aryl methyl sites for hydroxylation is 2. The summed E-state index contributed by atoms with van der Waals surface area (Å²) in [4.78, 5) is 16.3. The van der Waals surface area contributed by atoms with Crippen LogP contribution in [-0.4, -0.2) is 18.1 Å². The van der Waals surface area contributed by atoms with E-state index in [1.165, 1.54) is 24.0 Å². The molecule has 0 amide bonds. The number of ether oxygens (including phenoxy) is 1. The molecule has 2 rings (SSSR count). The van der Waals surface area contributed by atoms with Gasteiger partial charge in [-0.05, 0) is 25.0 Å². The van der Waals surface area contributed by atoms with Crippen LogP contribution in [0.2, 0.25) is 0 Å². The Morgan fingerprint density at radius 1 is 1.47 bits per heavy atom. The van der Waals surface area contributed by atoms with Crippen molar-refractivity contribution in [2.75, 3.05) is 7.11 Å². The van der Waals surface area contributed by atoms with Crippen molar-refractivity contribution in [3.05, 3.63) is 27.6 Å². The summed E-state index contributed by atoms with van der Waals surface area (Å²) in [6, 6.07) is 0. The Morgan fingerprint density at radius 2 is 2.20 bits per heavy atom. The average Bonchev–Trinajstić information content (AvgIpc) is 2.66. The van der Waals surface area contributed by atoms with Gasteiger partial charge in [0.05, 0.1) is 12.6 Å². The van der Waals surface area contributed by atoms with Crippen LogP contribution in [-0.2, 0) is 4.74 Å². The van der Waals surface area contributed by atoms with Crippen LogP contribution in [0.5, 0.6) is 0 Å². The second-order valence-electron chi connectivity index (χ2n) is 3.38. The van der Waals surface area contributed by atoms with Crippen LogP contribution in [0.25, 0.3) is 10.9 Å². The van der Waals surface area contributed by atoms with Gasteiger partial charge in [0.25, 0.3) is 0 Å². The number of hydrogen-bond acceptors (Lipinski definition) is 4. The molecule has 78 valence electrons. The van der Waals surface area contributed by atoms with Crippen LogP contribution < -0.4 is 0 Å². The lowest BCUT2D eigenvalue weighted by molar-refractivity contribution is 0.0608. The van der Waals surface area contributed by atoms with Gasteiger partial charge in [-0.15, -0.1) is 11.3 Å². The molecule has 0 unspecified atom stereocenters. The van der Waals surface area contributed by atoms with Crippen LogP contribution in [0.4, 0.5) is 0 Å². The highest BCUT2D eigenvalue weighted by atomic mass is 32.1. The molecule has 0 N–H and O–H groups in total. The topological polar surface area (TPSA) is 39.2 Å². The predicted molar refractivity (Wildman–Crippen MR) is 60.4 cm³/mol. The van der Waals surface area contributed by atoms with Crippen molar-refractivity contribution >= 4 is 28.2 Å². The van der Waals surface area contributed by atoms with Gasteiger partial charge in [-0.25, -0.2) is 4.79 Å². The molecule has 0 aliphatic carbocycles. The Balaban J connectivity index is 2.72. The van der Waals surface area contributed by atoms with Gasteiger partial charge < -0.3 is 4.74 Å². The first-order chi connectivity index (χ1) is 7.15.